The highest BCUT2D eigenvalue weighted by molar-refractivity contribution is 7.16. The fourth-order valence-electron chi connectivity index (χ4n) is 2.43. The predicted molar refractivity (Wildman–Crippen MR) is 77.6 cm³/mol. The number of aromatic nitrogens is 1. The molecule has 0 bridgehead atoms. The highest BCUT2D eigenvalue weighted by Gasteiger charge is 2.22. The number of fused-ring (bicyclic) bond motifs is 1. The van der Waals surface area contributed by atoms with Crippen LogP contribution in [0.2, 0.25) is 4.34 Å². The molecule has 0 saturated heterocycles. The number of hydrogen-bond donors (Lipinski definition) is 1. The zero-order valence-electron chi connectivity index (χ0n) is 10.2. The Kier molecular flexibility index (Phi) is 3.27. The van der Waals surface area contributed by atoms with Gasteiger partial charge in [0, 0.05) is 10.6 Å². The van der Waals surface area contributed by atoms with Gasteiger partial charge in [-0.2, -0.15) is 0 Å². The van der Waals surface area contributed by atoms with Gasteiger partial charge in [-0.1, -0.05) is 11.6 Å². The van der Waals surface area contributed by atoms with Crippen LogP contribution in [0.3, 0.4) is 0 Å². The molecule has 1 N–H and O–H groups in total. The van der Waals surface area contributed by atoms with E-state index >= 15 is 0 Å². The molecular weight excluding hydrogens is 264 g/mol. The quantitative estimate of drug-likeness (QED) is 0.869. The third-order valence-corrected chi connectivity index (χ3v) is 4.68. The molecule has 0 saturated carbocycles. The number of rotatable bonds is 2. The minimum atomic E-state index is 0.377. The molecule has 1 atom stereocenters. The second-order valence-electron chi connectivity index (χ2n) is 4.71. The lowest BCUT2D eigenvalue weighted by molar-refractivity contribution is 0.608. The molecule has 94 valence electrons. The first kappa shape index (κ1) is 12.0. The van der Waals surface area contributed by atoms with Crippen molar-refractivity contribution in [2.75, 3.05) is 5.32 Å². The number of nitrogens with zero attached hydrogens (tertiary/aromatic N) is 1. The predicted octanol–water partition coefficient (Wildman–Crippen LogP) is 4.59. The van der Waals surface area contributed by atoms with E-state index in [0.29, 0.717) is 6.04 Å². The first-order chi connectivity index (χ1) is 8.72. The van der Waals surface area contributed by atoms with Gasteiger partial charge in [-0.3, -0.25) is 4.98 Å². The van der Waals surface area contributed by atoms with Gasteiger partial charge < -0.3 is 5.32 Å². The van der Waals surface area contributed by atoms with Crippen molar-refractivity contribution in [2.24, 2.45) is 0 Å². The lowest BCUT2D eigenvalue weighted by Crippen LogP contribution is -2.15. The standard InChI is InChI=1S/C14H15ClN2S/c1-9-5-6-10(8-16-9)17-12-3-2-4-13-11(12)7-14(15)18-13/h5-8,12,17H,2-4H2,1H3. The smallest absolute Gasteiger partial charge is 0.0934 e. The zero-order chi connectivity index (χ0) is 12.5. The van der Waals surface area contributed by atoms with E-state index in [0.717, 1.165) is 28.6 Å². The monoisotopic (exact) mass is 278 g/mol. The number of pyridine rings is 1. The van der Waals surface area contributed by atoms with Crippen molar-refractivity contribution in [1.82, 2.24) is 4.98 Å². The third kappa shape index (κ3) is 2.38. The van der Waals surface area contributed by atoms with Crippen LogP contribution in [0.1, 0.15) is 35.0 Å². The Labute approximate surface area is 116 Å². The summed E-state index contributed by atoms with van der Waals surface area (Å²) in [5.74, 6) is 0. The van der Waals surface area contributed by atoms with Gasteiger partial charge in [-0.25, -0.2) is 0 Å². The summed E-state index contributed by atoms with van der Waals surface area (Å²) in [4.78, 5) is 5.75. The lowest BCUT2D eigenvalue weighted by Gasteiger charge is -2.24. The summed E-state index contributed by atoms with van der Waals surface area (Å²) >= 11 is 7.84. The summed E-state index contributed by atoms with van der Waals surface area (Å²) in [7, 11) is 0. The van der Waals surface area contributed by atoms with E-state index in [4.69, 9.17) is 11.6 Å². The molecule has 0 aliphatic heterocycles. The summed E-state index contributed by atoms with van der Waals surface area (Å²) < 4.78 is 0.899. The van der Waals surface area contributed by atoms with Crippen LogP contribution in [0.25, 0.3) is 0 Å². The Morgan fingerprint density at radius 2 is 2.33 bits per heavy atom. The Morgan fingerprint density at radius 3 is 3.11 bits per heavy atom. The number of thiophene rings is 1. The Morgan fingerprint density at radius 1 is 1.44 bits per heavy atom. The molecule has 2 nitrogen and oxygen atoms in total. The number of anilines is 1. The molecule has 0 spiro atoms. The molecule has 0 amide bonds. The van der Waals surface area contributed by atoms with E-state index < -0.39 is 0 Å². The number of halogens is 1. The number of nitrogens with one attached hydrogen (secondary N) is 1. The van der Waals surface area contributed by atoms with E-state index in [1.54, 1.807) is 11.3 Å². The van der Waals surface area contributed by atoms with Crippen LogP contribution >= 0.6 is 22.9 Å². The Bertz CT molecular complexity index is 547. The minimum absolute atomic E-state index is 0.377. The average molecular weight is 279 g/mol. The highest BCUT2D eigenvalue weighted by atomic mass is 35.5. The van der Waals surface area contributed by atoms with E-state index in [-0.39, 0.29) is 0 Å². The topological polar surface area (TPSA) is 24.9 Å². The summed E-state index contributed by atoms with van der Waals surface area (Å²) in [6.07, 6.45) is 5.45. The van der Waals surface area contributed by atoms with Crippen molar-refractivity contribution >= 4 is 28.6 Å². The van der Waals surface area contributed by atoms with Gasteiger partial charge >= 0.3 is 0 Å². The Hall–Kier alpha value is -1.06. The molecule has 2 heterocycles. The number of aryl methyl sites for hydroxylation is 2. The second kappa shape index (κ2) is 4.90. The SMILES string of the molecule is Cc1ccc(NC2CCCc3sc(Cl)cc32)cn1. The largest absolute Gasteiger partial charge is 0.377 e. The first-order valence-electron chi connectivity index (χ1n) is 6.19. The maximum Gasteiger partial charge on any atom is 0.0934 e. The van der Waals surface area contributed by atoms with Gasteiger partial charge in [0.15, 0.2) is 0 Å². The second-order valence-corrected chi connectivity index (χ2v) is 6.47. The minimum Gasteiger partial charge on any atom is -0.377 e. The van der Waals surface area contributed by atoms with Gasteiger partial charge in [-0.05, 0) is 49.9 Å². The average Bonchev–Trinajstić information content (AvgIpc) is 2.73. The summed E-state index contributed by atoms with van der Waals surface area (Å²) in [5, 5.41) is 3.56. The van der Waals surface area contributed by atoms with E-state index in [1.165, 1.54) is 16.9 Å². The molecular formula is C14H15ClN2S. The molecule has 1 aliphatic rings. The van der Waals surface area contributed by atoms with E-state index in [2.05, 4.69) is 22.4 Å². The molecule has 2 aromatic heterocycles. The van der Waals surface area contributed by atoms with Gasteiger partial charge in [-0.15, -0.1) is 11.3 Å². The Balaban J connectivity index is 1.83. The van der Waals surface area contributed by atoms with Gasteiger partial charge in [0.25, 0.3) is 0 Å². The van der Waals surface area contributed by atoms with Crippen molar-refractivity contribution in [2.45, 2.75) is 32.2 Å². The maximum absolute atomic E-state index is 6.12. The summed E-state index contributed by atoms with van der Waals surface area (Å²) in [6, 6.07) is 6.61. The van der Waals surface area contributed by atoms with Crippen LogP contribution in [0.5, 0.6) is 0 Å². The third-order valence-electron chi connectivity index (χ3n) is 3.34. The van der Waals surface area contributed by atoms with Gasteiger partial charge in [0.05, 0.1) is 22.3 Å². The fourth-order valence-corrected chi connectivity index (χ4v) is 3.81. The van der Waals surface area contributed by atoms with Crippen molar-refractivity contribution in [3.8, 4) is 0 Å². The summed E-state index contributed by atoms with van der Waals surface area (Å²) in [5.41, 5.74) is 3.50. The number of hydrogen-bond acceptors (Lipinski definition) is 3. The molecule has 18 heavy (non-hydrogen) atoms. The normalized spacial score (nSPS) is 18.4. The van der Waals surface area contributed by atoms with Crippen molar-refractivity contribution in [3.63, 3.8) is 0 Å². The molecule has 1 unspecified atom stereocenters. The van der Waals surface area contributed by atoms with Crippen LogP contribution in [0.15, 0.2) is 24.4 Å². The molecule has 3 rings (SSSR count). The van der Waals surface area contributed by atoms with Crippen molar-refractivity contribution in [3.05, 3.63) is 44.9 Å². The van der Waals surface area contributed by atoms with Crippen LogP contribution < -0.4 is 5.32 Å². The van der Waals surface area contributed by atoms with Crippen molar-refractivity contribution in [1.29, 1.82) is 0 Å². The molecule has 1 aliphatic carbocycles. The lowest BCUT2D eigenvalue weighted by atomic mass is 9.94. The zero-order valence-corrected chi connectivity index (χ0v) is 11.8. The van der Waals surface area contributed by atoms with Gasteiger partial charge in [0.1, 0.15) is 0 Å². The molecule has 0 fully saturated rings. The first-order valence-corrected chi connectivity index (χ1v) is 7.39. The highest BCUT2D eigenvalue weighted by Crippen LogP contribution is 2.39. The van der Waals surface area contributed by atoms with Crippen molar-refractivity contribution < 1.29 is 0 Å². The fraction of sp³-hybridized carbons (Fsp3) is 0.357. The summed E-state index contributed by atoms with van der Waals surface area (Å²) in [6.45, 7) is 2.00. The molecule has 2 aromatic rings. The van der Waals surface area contributed by atoms with Crippen LogP contribution in [-0.4, -0.2) is 4.98 Å². The maximum atomic E-state index is 6.12. The van der Waals surface area contributed by atoms with Gasteiger partial charge in [0.2, 0.25) is 0 Å². The van der Waals surface area contributed by atoms with E-state index in [1.807, 2.05) is 19.2 Å². The molecule has 0 aromatic carbocycles. The van der Waals surface area contributed by atoms with E-state index in [9.17, 15) is 0 Å². The van der Waals surface area contributed by atoms with Crippen LogP contribution in [0, 0.1) is 6.92 Å². The molecule has 0 radical (unpaired) electrons. The van der Waals surface area contributed by atoms with Crippen LogP contribution in [0.4, 0.5) is 5.69 Å². The van der Waals surface area contributed by atoms with Crippen LogP contribution in [-0.2, 0) is 6.42 Å². The molecule has 4 heteroatoms.